The van der Waals surface area contributed by atoms with Crippen LogP contribution in [-0.4, -0.2) is 31.0 Å². The number of carbonyl (C=O) groups excluding carboxylic acids is 1. The van der Waals surface area contributed by atoms with Crippen molar-refractivity contribution in [1.29, 1.82) is 0 Å². The van der Waals surface area contributed by atoms with Crippen LogP contribution in [0.25, 0.3) is 15.7 Å². The zero-order valence-corrected chi connectivity index (χ0v) is 17.0. The monoisotopic (exact) mass is 400 g/mol. The van der Waals surface area contributed by atoms with Crippen molar-refractivity contribution < 1.29 is 9.53 Å². The normalized spacial score (nSPS) is 17.0. The van der Waals surface area contributed by atoms with Crippen molar-refractivity contribution in [3.63, 3.8) is 0 Å². The van der Waals surface area contributed by atoms with Gasteiger partial charge in [0.2, 0.25) is 0 Å². The Morgan fingerprint density at radius 2 is 1.93 bits per heavy atom. The van der Waals surface area contributed by atoms with Crippen molar-refractivity contribution in [2.75, 3.05) is 19.4 Å². The molecule has 144 valence electrons. The highest BCUT2D eigenvalue weighted by atomic mass is 32.1. The van der Waals surface area contributed by atoms with Crippen LogP contribution in [-0.2, 0) is 4.79 Å². The summed E-state index contributed by atoms with van der Waals surface area (Å²) in [5, 5.41) is 6.86. The van der Waals surface area contributed by atoms with Crippen LogP contribution in [0.15, 0.2) is 77.7 Å². The summed E-state index contributed by atoms with van der Waals surface area (Å²) in [6.07, 6.45) is 7.49. The fourth-order valence-corrected chi connectivity index (χ4v) is 4.49. The molecule has 0 fully saturated rings. The lowest BCUT2D eigenvalue weighted by molar-refractivity contribution is -0.124. The second kappa shape index (κ2) is 6.94. The van der Waals surface area contributed by atoms with E-state index < -0.39 is 0 Å². The predicted octanol–water partition coefficient (Wildman–Crippen LogP) is 5.37. The zero-order chi connectivity index (χ0) is 20.0. The summed E-state index contributed by atoms with van der Waals surface area (Å²) in [5.74, 6) is 0.818. The van der Waals surface area contributed by atoms with Gasteiger partial charge in [-0.2, -0.15) is 0 Å². The molecular formula is C24H20N2O2S. The first-order chi connectivity index (χ1) is 14.1. The Labute approximate surface area is 173 Å². The molecule has 3 aromatic rings. The summed E-state index contributed by atoms with van der Waals surface area (Å²) in [5.41, 5.74) is 4.71. The first-order valence-electron chi connectivity index (χ1n) is 9.45. The van der Waals surface area contributed by atoms with E-state index in [1.54, 1.807) is 30.3 Å². The van der Waals surface area contributed by atoms with E-state index in [-0.39, 0.29) is 12.0 Å². The molecule has 5 rings (SSSR count). The highest BCUT2D eigenvalue weighted by Crippen LogP contribution is 2.41. The van der Waals surface area contributed by atoms with Gasteiger partial charge in [0.15, 0.2) is 0 Å². The van der Waals surface area contributed by atoms with E-state index in [1.165, 1.54) is 10.1 Å². The number of likely N-dealkylation sites (N-methyl/N-ethyl adjacent to an activating group) is 1. The van der Waals surface area contributed by atoms with Crippen LogP contribution in [0.1, 0.15) is 5.56 Å². The van der Waals surface area contributed by atoms with Gasteiger partial charge in [-0.15, -0.1) is 11.3 Å². The van der Waals surface area contributed by atoms with E-state index in [0.29, 0.717) is 5.57 Å². The lowest BCUT2D eigenvalue weighted by Crippen LogP contribution is -2.22. The third kappa shape index (κ3) is 3.23. The van der Waals surface area contributed by atoms with E-state index in [0.717, 1.165) is 28.3 Å². The number of thiophene rings is 1. The van der Waals surface area contributed by atoms with E-state index in [1.807, 2.05) is 36.4 Å². The third-order valence-corrected chi connectivity index (χ3v) is 6.00. The van der Waals surface area contributed by atoms with E-state index in [9.17, 15) is 4.79 Å². The maximum absolute atomic E-state index is 12.5. The molecule has 4 nitrogen and oxygen atoms in total. The standard InChI is InChI=1S/C24H20N2O2S/c1-26(2)24(27)16-4-3-5-21-19(12-16)20-13-17(8-9-22(20)28-21)25-18-7-6-15-10-11-29-23(15)14-18/h3-14,21,25H,1-2H3. The smallest absolute Gasteiger partial charge is 0.253 e. The van der Waals surface area contributed by atoms with Crippen LogP contribution in [0.5, 0.6) is 5.75 Å². The number of benzene rings is 2. The first-order valence-corrected chi connectivity index (χ1v) is 10.3. The first kappa shape index (κ1) is 17.8. The van der Waals surface area contributed by atoms with Crippen molar-refractivity contribution in [1.82, 2.24) is 4.90 Å². The number of allylic oxidation sites excluding steroid dienone is 2. The van der Waals surface area contributed by atoms with Crippen LogP contribution < -0.4 is 10.1 Å². The number of anilines is 2. The van der Waals surface area contributed by atoms with Crippen LogP contribution in [0.3, 0.4) is 0 Å². The summed E-state index contributed by atoms with van der Waals surface area (Å²) in [4.78, 5) is 14.1. The number of carbonyl (C=O) groups is 1. The lowest BCUT2D eigenvalue weighted by Gasteiger charge is -2.11. The van der Waals surface area contributed by atoms with Crippen LogP contribution in [0.2, 0.25) is 0 Å². The summed E-state index contributed by atoms with van der Waals surface area (Å²) in [7, 11) is 3.53. The molecule has 1 aliphatic heterocycles. The van der Waals surface area contributed by atoms with Gasteiger partial charge >= 0.3 is 0 Å². The molecule has 1 amide bonds. The topological polar surface area (TPSA) is 41.6 Å². The average molecular weight is 401 g/mol. The molecule has 0 saturated heterocycles. The maximum atomic E-state index is 12.5. The summed E-state index contributed by atoms with van der Waals surface area (Å²) in [6, 6.07) is 14.6. The number of hydrogen-bond donors (Lipinski definition) is 1. The average Bonchev–Trinajstić information content (AvgIpc) is 3.24. The Morgan fingerprint density at radius 3 is 2.79 bits per heavy atom. The van der Waals surface area contributed by atoms with Crippen LogP contribution >= 0.6 is 11.3 Å². The van der Waals surface area contributed by atoms with Crippen molar-refractivity contribution in [2.24, 2.45) is 0 Å². The van der Waals surface area contributed by atoms with Crippen molar-refractivity contribution in [3.05, 3.63) is 83.3 Å². The van der Waals surface area contributed by atoms with Gasteiger partial charge < -0.3 is 15.0 Å². The van der Waals surface area contributed by atoms with E-state index in [4.69, 9.17) is 4.74 Å². The molecule has 0 saturated carbocycles. The molecule has 1 aromatic heterocycles. The zero-order valence-electron chi connectivity index (χ0n) is 16.2. The second-order valence-corrected chi connectivity index (χ2v) is 8.30. The highest BCUT2D eigenvalue weighted by molar-refractivity contribution is 7.17. The number of ether oxygens (including phenoxy) is 1. The minimum absolute atomic E-state index is 0.0187. The summed E-state index contributed by atoms with van der Waals surface area (Å²) < 4.78 is 7.35. The molecule has 0 bridgehead atoms. The molecule has 2 aromatic carbocycles. The van der Waals surface area contributed by atoms with Gasteiger partial charge in [-0.1, -0.05) is 12.1 Å². The van der Waals surface area contributed by atoms with Gasteiger partial charge in [0.1, 0.15) is 11.9 Å². The molecule has 0 spiro atoms. The molecule has 1 aliphatic carbocycles. The molecule has 2 aliphatic rings. The van der Waals surface area contributed by atoms with Gasteiger partial charge in [0, 0.05) is 46.9 Å². The Morgan fingerprint density at radius 1 is 1.10 bits per heavy atom. The van der Waals surface area contributed by atoms with Gasteiger partial charge in [0.05, 0.1) is 0 Å². The molecule has 2 heterocycles. The number of fused-ring (bicyclic) bond motifs is 4. The Balaban J connectivity index is 1.49. The van der Waals surface area contributed by atoms with Crippen LogP contribution in [0.4, 0.5) is 11.4 Å². The van der Waals surface area contributed by atoms with Gasteiger partial charge in [0.25, 0.3) is 5.91 Å². The summed E-state index contributed by atoms with van der Waals surface area (Å²) >= 11 is 1.74. The number of amides is 1. The summed E-state index contributed by atoms with van der Waals surface area (Å²) in [6.45, 7) is 0. The second-order valence-electron chi connectivity index (χ2n) is 7.35. The van der Waals surface area contributed by atoms with Crippen molar-refractivity contribution in [3.8, 4) is 5.75 Å². The predicted molar refractivity (Wildman–Crippen MR) is 120 cm³/mol. The number of nitrogens with one attached hydrogen (secondary N) is 1. The van der Waals surface area contributed by atoms with E-state index in [2.05, 4.69) is 41.0 Å². The van der Waals surface area contributed by atoms with Crippen LogP contribution in [0, 0.1) is 0 Å². The third-order valence-electron chi connectivity index (χ3n) is 5.12. The number of hydrogen-bond acceptors (Lipinski definition) is 4. The van der Waals surface area contributed by atoms with Gasteiger partial charge in [-0.05, 0) is 65.4 Å². The largest absolute Gasteiger partial charge is 0.481 e. The quantitative estimate of drug-likeness (QED) is 0.642. The Hall–Kier alpha value is -3.31. The molecule has 1 unspecified atom stereocenters. The van der Waals surface area contributed by atoms with Gasteiger partial charge in [-0.3, -0.25) is 4.79 Å². The molecule has 0 radical (unpaired) electrons. The fraction of sp³-hybridized carbons (Fsp3) is 0.125. The fourth-order valence-electron chi connectivity index (χ4n) is 3.66. The van der Waals surface area contributed by atoms with Crippen molar-refractivity contribution in [2.45, 2.75) is 6.10 Å². The molecule has 1 N–H and O–H groups in total. The SMILES string of the molecule is CN(C)C(=O)C1=CC=CC2Oc3ccc(Nc4ccc5ccsc5c4)cc3C2=C1. The number of nitrogens with zero attached hydrogens (tertiary/aromatic N) is 1. The molecule has 5 heteroatoms. The highest BCUT2D eigenvalue weighted by Gasteiger charge is 2.29. The lowest BCUT2D eigenvalue weighted by atomic mass is 10.00. The Bertz CT molecular complexity index is 1220. The molecular weight excluding hydrogens is 380 g/mol. The number of rotatable bonds is 3. The van der Waals surface area contributed by atoms with Crippen molar-refractivity contribution >= 4 is 44.3 Å². The van der Waals surface area contributed by atoms with Gasteiger partial charge in [-0.25, -0.2) is 0 Å². The minimum Gasteiger partial charge on any atom is -0.481 e. The maximum Gasteiger partial charge on any atom is 0.253 e. The molecule has 1 atom stereocenters. The molecule has 29 heavy (non-hydrogen) atoms. The minimum atomic E-state index is -0.175. The Kier molecular flexibility index (Phi) is 4.25. The van der Waals surface area contributed by atoms with E-state index >= 15 is 0 Å².